The van der Waals surface area contributed by atoms with E-state index < -0.39 is 0 Å². The molecule has 0 aliphatic carbocycles. The first-order chi connectivity index (χ1) is 12.3. The first-order valence-electron chi connectivity index (χ1n) is 7.62. The fourth-order valence-corrected chi connectivity index (χ4v) is 2.51. The van der Waals surface area contributed by atoms with Crippen LogP contribution in [0.3, 0.4) is 0 Å². The van der Waals surface area contributed by atoms with Gasteiger partial charge in [0.1, 0.15) is 0 Å². The van der Waals surface area contributed by atoms with Gasteiger partial charge in [0, 0.05) is 30.4 Å². The largest absolute Gasteiger partial charge is 0.255 e. The Labute approximate surface area is 149 Å². The van der Waals surface area contributed by atoms with Crippen molar-refractivity contribution in [1.82, 2.24) is 24.9 Å². The van der Waals surface area contributed by atoms with Gasteiger partial charge in [-0.25, -0.2) is 15.0 Å². The second-order valence-electron chi connectivity index (χ2n) is 5.28. The number of halogens is 1. The van der Waals surface area contributed by atoms with E-state index in [9.17, 15) is 0 Å². The van der Waals surface area contributed by atoms with Gasteiger partial charge in [0.25, 0.3) is 0 Å². The van der Waals surface area contributed by atoms with E-state index in [0.29, 0.717) is 10.8 Å². The molecule has 4 rings (SSSR count). The van der Waals surface area contributed by atoms with Gasteiger partial charge in [-0.05, 0) is 36.4 Å². The van der Waals surface area contributed by atoms with E-state index in [1.807, 2.05) is 48.5 Å². The number of rotatable bonds is 3. The SMILES string of the molecule is Clc1cnc(-c2cc(-c3ccccn3)nc(-c3ccccn3)c2)nc1. The Morgan fingerprint density at radius 1 is 0.640 bits per heavy atom. The molecule has 0 radical (unpaired) electrons. The zero-order valence-electron chi connectivity index (χ0n) is 13.0. The van der Waals surface area contributed by atoms with E-state index in [4.69, 9.17) is 16.6 Å². The van der Waals surface area contributed by atoms with Crippen molar-refractivity contribution in [3.63, 3.8) is 0 Å². The molecule has 0 saturated carbocycles. The number of hydrogen-bond acceptors (Lipinski definition) is 5. The monoisotopic (exact) mass is 345 g/mol. The molecular weight excluding hydrogens is 334 g/mol. The van der Waals surface area contributed by atoms with Crippen molar-refractivity contribution < 1.29 is 0 Å². The molecule has 0 amide bonds. The highest BCUT2D eigenvalue weighted by molar-refractivity contribution is 6.30. The van der Waals surface area contributed by atoms with Crippen molar-refractivity contribution in [2.75, 3.05) is 0 Å². The van der Waals surface area contributed by atoms with Gasteiger partial charge in [0.05, 0.1) is 27.8 Å². The van der Waals surface area contributed by atoms with Crippen LogP contribution in [0.4, 0.5) is 0 Å². The second kappa shape index (κ2) is 6.75. The average Bonchev–Trinajstić information content (AvgIpc) is 2.69. The van der Waals surface area contributed by atoms with E-state index in [0.717, 1.165) is 28.3 Å². The lowest BCUT2D eigenvalue weighted by molar-refractivity contribution is 1.16. The molecule has 0 aliphatic rings. The molecular formula is C19H12ClN5. The molecule has 0 spiro atoms. The van der Waals surface area contributed by atoms with E-state index in [2.05, 4.69) is 19.9 Å². The predicted molar refractivity (Wildman–Crippen MR) is 96.7 cm³/mol. The molecule has 6 heteroatoms. The molecule has 0 aromatic carbocycles. The summed E-state index contributed by atoms with van der Waals surface area (Å²) in [5.41, 5.74) is 3.84. The number of pyridine rings is 3. The molecule has 4 aromatic rings. The quantitative estimate of drug-likeness (QED) is 0.553. The van der Waals surface area contributed by atoms with E-state index in [1.54, 1.807) is 24.8 Å². The smallest absolute Gasteiger partial charge is 0.159 e. The molecule has 0 unspecified atom stereocenters. The molecule has 0 aliphatic heterocycles. The first-order valence-corrected chi connectivity index (χ1v) is 8.00. The molecule has 0 bridgehead atoms. The summed E-state index contributed by atoms with van der Waals surface area (Å²) in [7, 11) is 0. The summed E-state index contributed by atoms with van der Waals surface area (Å²) in [5.74, 6) is 0.571. The molecule has 4 heterocycles. The summed E-state index contributed by atoms with van der Waals surface area (Å²) in [6.45, 7) is 0. The van der Waals surface area contributed by atoms with Gasteiger partial charge in [0.2, 0.25) is 0 Å². The lowest BCUT2D eigenvalue weighted by atomic mass is 10.1. The van der Waals surface area contributed by atoms with Gasteiger partial charge >= 0.3 is 0 Å². The van der Waals surface area contributed by atoms with Crippen LogP contribution in [0.1, 0.15) is 0 Å². The summed E-state index contributed by atoms with van der Waals surface area (Å²) in [6, 6.07) is 15.3. The Morgan fingerprint density at radius 2 is 1.20 bits per heavy atom. The summed E-state index contributed by atoms with van der Waals surface area (Å²) in [6.07, 6.45) is 6.63. The maximum absolute atomic E-state index is 5.90. The standard InChI is InChI=1S/C19H12ClN5/c20-14-11-23-19(24-12-14)13-9-17(15-5-1-3-7-21-15)25-18(10-13)16-6-2-4-8-22-16/h1-12H. The topological polar surface area (TPSA) is 64.5 Å². The third-order valence-electron chi connectivity index (χ3n) is 3.56. The summed E-state index contributed by atoms with van der Waals surface area (Å²) in [5, 5.41) is 0.493. The summed E-state index contributed by atoms with van der Waals surface area (Å²) < 4.78 is 0. The minimum absolute atomic E-state index is 0.493. The van der Waals surface area contributed by atoms with Crippen LogP contribution in [0, 0.1) is 0 Å². The van der Waals surface area contributed by atoms with E-state index in [-0.39, 0.29) is 0 Å². The minimum atomic E-state index is 0.493. The Hall–Kier alpha value is -3.18. The Balaban J connectivity index is 1.90. The van der Waals surface area contributed by atoms with Crippen molar-refractivity contribution in [3.05, 3.63) is 78.3 Å². The Bertz CT molecular complexity index is 931. The van der Waals surface area contributed by atoms with Gasteiger partial charge in [0.15, 0.2) is 5.82 Å². The molecule has 4 aromatic heterocycles. The third-order valence-corrected chi connectivity index (χ3v) is 3.75. The highest BCUT2D eigenvalue weighted by atomic mass is 35.5. The van der Waals surface area contributed by atoms with Crippen molar-refractivity contribution in [1.29, 1.82) is 0 Å². The minimum Gasteiger partial charge on any atom is -0.255 e. The normalized spacial score (nSPS) is 10.6. The van der Waals surface area contributed by atoms with Crippen molar-refractivity contribution in [3.8, 4) is 34.2 Å². The van der Waals surface area contributed by atoms with Crippen LogP contribution >= 0.6 is 11.6 Å². The fourth-order valence-electron chi connectivity index (χ4n) is 2.41. The van der Waals surface area contributed by atoms with Crippen LogP contribution in [0.2, 0.25) is 5.02 Å². The molecule has 5 nitrogen and oxygen atoms in total. The Kier molecular flexibility index (Phi) is 4.14. The van der Waals surface area contributed by atoms with Gasteiger partial charge in [-0.2, -0.15) is 0 Å². The van der Waals surface area contributed by atoms with Crippen LogP contribution < -0.4 is 0 Å². The van der Waals surface area contributed by atoms with Gasteiger partial charge in [-0.15, -0.1) is 0 Å². The second-order valence-corrected chi connectivity index (χ2v) is 5.72. The van der Waals surface area contributed by atoms with Gasteiger partial charge < -0.3 is 0 Å². The molecule has 0 fully saturated rings. The van der Waals surface area contributed by atoms with Crippen LogP contribution in [-0.2, 0) is 0 Å². The molecule has 120 valence electrons. The first kappa shape index (κ1) is 15.4. The Morgan fingerprint density at radius 3 is 1.68 bits per heavy atom. The van der Waals surface area contributed by atoms with Crippen LogP contribution in [-0.4, -0.2) is 24.9 Å². The summed E-state index contributed by atoms with van der Waals surface area (Å²) in [4.78, 5) is 22.1. The highest BCUT2D eigenvalue weighted by Crippen LogP contribution is 2.27. The van der Waals surface area contributed by atoms with Gasteiger partial charge in [-0.1, -0.05) is 23.7 Å². The maximum Gasteiger partial charge on any atom is 0.159 e. The van der Waals surface area contributed by atoms with E-state index in [1.165, 1.54) is 0 Å². The lowest BCUT2D eigenvalue weighted by Crippen LogP contribution is -1.95. The number of nitrogens with zero attached hydrogens (tertiary/aromatic N) is 5. The number of hydrogen-bond donors (Lipinski definition) is 0. The van der Waals surface area contributed by atoms with Crippen LogP contribution in [0.25, 0.3) is 34.2 Å². The highest BCUT2D eigenvalue weighted by Gasteiger charge is 2.11. The molecule has 0 saturated heterocycles. The molecule has 0 atom stereocenters. The van der Waals surface area contributed by atoms with E-state index >= 15 is 0 Å². The summed E-state index contributed by atoms with van der Waals surface area (Å²) >= 11 is 5.90. The third kappa shape index (κ3) is 3.36. The zero-order chi connectivity index (χ0) is 17.1. The van der Waals surface area contributed by atoms with Crippen LogP contribution in [0.15, 0.2) is 73.3 Å². The fraction of sp³-hybridized carbons (Fsp3) is 0. The number of aromatic nitrogens is 5. The maximum atomic E-state index is 5.90. The van der Waals surface area contributed by atoms with Crippen LogP contribution in [0.5, 0.6) is 0 Å². The predicted octanol–water partition coefficient (Wildman–Crippen LogP) is 4.32. The van der Waals surface area contributed by atoms with Crippen molar-refractivity contribution in [2.24, 2.45) is 0 Å². The van der Waals surface area contributed by atoms with Crippen molar-refractivity contribution in [2.45, 2.75) is 0 Å². The molecule has 0 N–H and O–H groups in total. The lowest BCUT2D eigenvalue weighted by Gasteiger charge is -2.08. The zero-order valence-corrected chi connectivity index (χ0v) is 13.8. The van der Waals surface area contributed by atoms with Gasteiger partial charge in [-0.3, -0.25) is 9.97 Å². The van der Waals surface area contributed by atoms with Crippen molar-refractivity contribution >= 4 is 11.6 Å². The average molecular weight is 346 g/mol. The molecule has 25 heavy (non-hydrogen) atoms.